The summed E-state index contributed by atoms with van der Waals surface area (Å²) in [5, 5.41) is 0. The van der Waals surface area contributed by atoms with Crippen molar-refractivity contribution in [1.29, 1.82) is 0 Å². The Bertz CT molecular complexity index is 235. The summed E-state index contributed by atoms with van der Waals surface area (Å²) in [6.07, 6.45) is 3.90. The van der Waals surface area contributed by atoms with Crippen LogP contribution in [-0.4, -0.2) is 43.3 Å². The van der Waals surface area contributed by atoms with Crippen molar-refractivity contribution in [3.05, 3.63) is 0 Å². The zero-order valence-electron chi connectivity index (χ0n) is 12.7. The average Bonchev–Trinajstić information content (AvgIpc) is 2.38. The van der Waals surface area contributed by atoms with Gasteiger partial charge in [0.15, 0.2) is 0 Å². The molecule has 0 aromatic rings. The van der Waals surface area contributed by atoms with Crippen molar-refractivity contribution in [3.8, 4) is 0 Å². The van der Waals surface area contributed by atoms with Crippen LogP contribution in [0.4, 0.5) is 0 Å². The van der Waals surface area contributed by atoms with Gasteiger partial charge in [0.05, 0.1) is 6.61 Å². The molecule has 1 fully saturated rings. The van der Waals surface area contributed by atoms with Crippen LogP contribution in [0.2, 0.25) is 0 Å². The molecule has 0 aliphatic heterocycles. The van der Waals surface area contributed by atoms with Crippen molar-refractivity contribution >= 4 is 0 Å². The second-order valence-corrected chi connectivity index (χ2v) is 5.87. The van der Waals surface area contributed by atoms with E-state index >= 15 is 0 Å². The van der Waals surface area contributed by atoms with Gasteiger partial charge in [-0.25, -0.2) is 0 Å². The quantitative estimate of drug-likeness (QED) is 0.711. The monoisotopic (exact) mass is 256 g/mol. The Morgan fingerprint density at radius 2 is 2.00 bits per heavy atom. The normalized spacial score (nSPS) is 33.0. The summed E-state index contributed by atoms with van der Waals surface area (Å²) in [5.74, 6) is 1.49. The zero-order chi connectivity index (χ0) is 13.6. The summed E-state index contributed by atoms with van der Waals surface area (Å²) < 4.78 is 5.53. The third-order valence-electron chi connectivity index (χ3n) is 4.79. The minimum Gasteiger partial charge on any atom is -0.380 e. The summed E-state index contributed by atoms with van der Waals surface area (Å²) in [6.45, 7) is 13.5. The summed E-state index contributed by atoms with van der Waals surface area (Å²) in [6, 6.07) is 0. The van der Waals surface area contributed by atoms with E-state index in [9.17, 15) is 0 Å². The van der Waals surface area contributed by atoms with Gasteiger partial charge < -0.3 is 10.5 Å². The fourth-order valence-electron chi connectivity index (χ4n) is 3.58. The van der Waals surface area contributed by atoms with Gasteiger partial charge in [0, 0.05) is 25.2 Å². The molecule has 1 saturated carbocycles. The van der Waals surface area contributed by atoms with Crippen LogP contribution in [0.15, 0.2) is 0 Å². The molecule has 3 unspecified atom stereocenters. The van der Waals surface area contributed by atoms with Crippen LogP contribution >= 0.6 is 0 Å². The molecular weight excluding hydrogens is 224 g/mol. The molecule has 0 radical (unpaired) electrons. The highest BCUT2D eigenvalue weighted by molar-refractivity contribution is 4.99. The molecule has 108 valence electrons. The Morgan fingerprint density at radius 1 is 1.28 bits per heavy atom. The Morgan fingerprint density at radius 3 is 2.56 bits per heavy atom. The highest BCUT2D eigenvalue weighted by atomic mass is 16.5. The topological polar surface area (TPSA) is 38.5 Å². The van der Waals surface area contributed by atoms with Gasteiger partial charge in [0.25, 0.3) is 0 Å². The fraction of sp³-hybridized carbons (Fsp3) is 1.00. The maximum Gasteiger partial charge on any atom is 0.0593 e. The highest BCUT2D eigenvalue weighted by Gasteiger charge is 2.43. The standard InChI is InChI=1S/C15H32N2O/c1-5-17(9-10-18-6-2)15(12-16)11-13(3)7-8-14(15)4/h13-14H,5-12,16H2,1-4H3. The van der Waals surface area contributed by atoms with Gasteiger partial charge in [-0.1, -0.05) is 27.2 Å². The lowest BCUT2D eigenvalue weighted by atomic mass is 9.68. The summed E-state index contributed by atoms with van der Waals surface area (Å²) in [7, 11) is 0. The first-order valence-corrected chi connectivity index (χ1v) is 7.63. The number of hydrogen-bond acceptors (Lipinski definition) is 3. The molecule has 1 aliphatic carbocycles. The van der Waals surface area contributed by atoms with Gasteiger partial charge in [0.1, 0.15) is 0 Å². The zero-order valence-corrected chi connectivity index (χ0v) is 12.7. The molecular formula is C15H32N2O. The lowest BCUT2D eigenvalue weighted by molar-refractivity contribution is -0.0172. The summed E-state index contributed by atoms with van der Waals surface area (Å²) >= 11 is 0. The van der Waals surface area contributed by atoms with E-state index in [1.54, 1.807) is 0 Å². The van der Waals surface area contributed by atoms with Crippen LogP contribution in [0.5, 0.6) is 0 Å². The first-order valence-electron chi connectivity index (χ1n) is 7.63. The van der Waals surface area contributed by atoms with Gasteiger partial charge >= 0.3 is 0 Å². The fourth-order valence-corrected chi connectivity index (χ4v) is 3.58. The van der Waals surface area contributed by atoms with Crippen LogP contribution in [-0.2, 0) is 4.74 Å². The van der Waals surface area contributed by atoms with E-state index in [-0.39, 0.29) is 5.54 Å². The number of ether oxygens (including phenoxy) is 1. The molecule has 0 heterocycles. The predicted molar refractivity (Wildman–Crippen MR) is 77.7 cm³/mol. The number of nitrogens with zero attached hydrogens (tertiary/aromatic N) is 1. The van der Waals surface area contributed by atoms with E-state index in [0.29, 0.717) is 5.92 Å². The maximum atomic E-state index is 6.19. The smallest absolute Gasteiger partial charge is 0.0593 e. The van der Waals surface area contributed by atoms with E-state index < -0.39 is 0 Å². The van der Waals surface area contributed by atoms with Crippen LogP contribution in [0.25, 0.3) is 0 Å². The van der Waals surface area contributed by atoms with Gasteiger partial charge in [-0.05, 0) is 38.1 Å². The SMILES string of the molecule is CCOCCN(CC)C1(CN)CC(C)CCC1C. The van der Waals surface area contributed by atoms with Gasteiger partial charge in [-0.2, -0.15) is 0 Å². The van der Waals surface area contributed by atoms with E-state index in [4.69, 9.17) is 10.5 Å². The lowest BCUT2D eigenvalue weighted by Crippen LogP contribution is -2.61. The third-order valence-corrected chi connectivity index (χ3v) is 4.79. The molecule has 0 spiro atoms. The van der Waals surface area contributed by atoms with Crippen molar-refractivity contribution in [2.75, 3.05) is 32.8 Å². The number of hydrogen-bond donors (Lipinski definition) is 1. The Labute approximate surface area is 113 Å². The molecule has 0 amide bonds. The van der Waals surface area contributed by atoms with Gasteiger partial charge in [-0.15, -0.1) is 0 Å². The molecule has 2 N–H and O–H groups in total. The van der Waals surface area contributed by atoms with E-state index in [2.05, 4.69) is 32.6 Å². The van der Waals surface area contributed by atoms with Crippen LogP contribution < -0.4 is 5.73 Å². The van der Waals surface area contributed by atoms with Gasteiger partial charge in [-0.3, -0.25) is 4.90 Å². The molecule has 18 heavy (non-hydrogen) atoms. The van der Waals surface area contributed by atoms with E-state index in [1.807, 2.05) is 0 Å². The van der Waals surface area contributed by atoms with Crippen molar-refractivity contribution in [2.45, 2.75) is 52.5 Å². The first kappa shape index (κ1) is 15.9. The molecule has 1 aliphatic rings. The molecule has 0 aromatic carbocycles. The summed E-state index contributed by atoms with van der Waals surface area (Å²) in [4.78, 5) is 2.57. The molecule has 3 atom stereocenters. The molecule has 3 heteroatoms. The number of rotatable bonds is 7. The highest BCUT2D eigenvalue weighted by Crippen LogP contribution is 2.40. The van der Waals surface area contributed by atoms with E-state index in [0.717, 1.165) is 38.8 Å². The Kier molecular flexibility index (Phi) is 6.61. The third kappa shape index (κ3) is 3.46. The van der Waals surface area contributed by atoms with Crippen molar-refractivity contribution in [3.63, 3.8) is 0 Å². The molecule has 0 bridgehead atoms. The number of nitrogens with two attached hydrogens (primary N) is 1. The molecule has 3 nitrogen and oxygen atoms in total. The van der Waals surface area contributed by atoms with Crippen LogP contribution in [0, 0.1) is 11.8 Å². The van der Waals surface area contributed by atoms with Crippen LogP contribution in [0.3, 0.4) is 0 Å². The van der Waals surface area contributed by atoms with Gasteiger partial charge in [0.2, 0.25) is 0 Å². The largest absolute Gasteiger partial charge is 0.380 e. The van der Waals surface area contributed by atoms with Crippen LogP contribution in [0.1, 0.15) is 47.0 Å². The molecule has 1 rings (SSSR count). The molecule has 0 saturated heterocycles. The second-order valence-electron chi connectivity index (χ2n) is 5.87. The van der Waals surface area contributed by atoms with Crippen molar-refractivity contribution in [2.24, 2.45) is 17.6 Å². The minimum atomic E-state index is 0.198. The number of likely N-dealkylation sites (N-methyl/N-ethyl adjacent to an activating group) is 1. The van der Waals surface area contributed by atoms with Crippen molar-refractivity contribution < 1.29 is 4.74 Å². The molecule has 0 aromatic heterocycles. The summed E-state index contributed by atoms with van der Waals surface area (Å²) in [5.41, 5.74) is 6.39. The first-order chi connectivity index (χ1) is 8.60. The van der Waals surface area contributed by atoms with Crippen molar-refractivity contribution in [1.82, 2.24) is 4.90 Å². The minimum absolute atomic E-state index is 0.198. The van der Waals surface area contributed by atoms with E-state index in [1.165, 1.54) is 19.3 Å². The maximum absolute atomic E-state index is 6.19. The lowest BCUT2D eigenvalue weighted by Gasteiger charge is -2.51. The Hall–Kier alpha value is -0.120. The Balaban J connectivity index is 2.74. The average molecular weight is 256 g/mol. The predicted octanol–water partition coefficient (Wildman–Crippen LogP) is 2.50. The second kappa shape index (κ2) is 7.46.